The normalized spacial score (nSPS) is 31.8. The first kappa shape index (κ1) is 11.0. The quantitative estimate of drug-likeness (QED) is 0.865. The van der Waals surface area contributed by atoms with Gasteiger partial charge in [0.25, 0.3) is 0 Å². The SMILES string of the molecule is NCCC1CC2CCC1CN2c1ccncc1. The van der Waals surface area contributed by atoms with Crippen LogP contribution < -0.4 is 10.6 Å². The van der Waals surface area contributed by atoms with Crippen molar-refractivity contribution in [1.82, 2.24) is 4.98 Å². The molecule has 3 unspecified atom stereocenters. The molecule has 1 aromatic rings. The zero-order chi connectivity index (χ0) is 11.7. The van der Waals surface area contributed by atoms with Crippen molar-refractivity contribution in [3.8, 4) is 0 Å². The number of fused-ring (bicyclic) bond motifs is 3. The van der Waals surface area contributed by atoms with Crippen LogP contribution >= 0.6 is 0 Å². The summed E-state index contributed by atoms with van der Waals surface area (Å²) >= 11 is 0. The highest BCUT2D eigenvalue weighted by Gasteiger charge is 2.39. The van der Waals surface area contributed by atoms with E-state index in [9.17, 15) is 0 Å². The van der Waals surface area contributed by atoms with Crippen molar-refractivity contribution in [2.45, 2.75) is 31.7 Å². The van der Waals surface area contributed by atoms with E-state index >= 15 is 0 Å². The van der Waals surface area contributed by atoms with Gasteiger partial charge in [-0.25, -0.2) is 0 Å². The average molecular weight is 231 g/mol. The largest absolute Gasteiger partial charge is 0.368 e. The van der Waals surface area contributed by atoms with Crippen molar-refractivity contribution in [2.75, 3.05) is 18.0 Å². The van der Waals surface area contributed by atoms with Crippen LogP contribution in [0.2, 0.25) is 0 Å². The summed E-state index contributed by atoms with van der Waals surface area (Å²) in [5.74, 6) is 1.73. The summed E-state index contributed by atoms with van der Waals surface area (Å²) in [7, 11) is 0. The third-order valence-electron chi connectivity index (χ3n) is 4.52. The second-order valence-corrected chi connectivity index (χ2v) is 5.42. The van der Waals surface area contributed by atoms with Gasteiger partial charge in [0.2, 0.25) is 0 Å². The van der Waals surface area contributed by atoms with Crippen molar-refractivity contribution in [1.29, 1.82) is 0 Å². The zero-order valence-corrected chi connectivity index (χ0v) is 10.3. The molecule has 1 aromatic heterocycles. The Bertz CT molecular complexity index is 365. The lowest BCUT2D eigenvalue weighted by atomic mass is 9.70. The van der Waals surface area contributed by atoms with Gasteiger partial charge in [0.15, 0.2) is 0 Å². The highest BCUT2D eigenvalue weighted by Crippen LogP contribution is 2.42. The first-order chi connectivity index (χ1) is 8.38. The molecule has 2 saturated heterocycles. The van der Waals surface area contributed by atoms with Crippen molar-refractivity contribution >= 4 is 5.69 Å². The Morgan fingerprint density at radius 2 is 2.12 bits per heavy atom. The van der Waals surface area contributed by atoms with Crippen LogP contribution in [0, 0.1) is 11.8 Å². The molecule has 3 heteroatoms. The van der Waals surface area contributed by atoms with E-state index in [2.05, 4.69) is 22.0 Å². The summed E-state index contributed by atoms with van der Waals surface area (Å²) in [4.78, 5) is 6.69. The highest BCUT2D eigenvalue weighted by atomic mass is 15.2. The summed E-state index contributed by atoms with van der Waals surface area (Å²) in [6.07, 6.45) is 9.10. The van der Waals surface area contributed by atoms with Crippen molar-refractivity contribution in [3.05, 3.63) is 24.5 Å². The molecule has 0 aromatic carbocycles. The predicted octanol–water partition coefficient (Wildman–Crippen LogP) is 2.04. The number of nitrogens with zero attached hydrogens (tertiary/aromatic N) is 2. The van der Waals surface area contributed by atoms with Crippen LogP contribution in [0.1, 0.15) is 25.7 Å². The van der Waals surface area contributed by atoms with Crippen molar-refractivity contribution in [2.24, 2.45) is 17.6 Å². The summed E-state index contributed by atoms with van der Waals surface area (Å²) < 4.78 is 0. The Kier molecular flexibility index (Phi) is 3.02. The Hall–Kier alpha value is -1.09. The Morgan fingerprint density at radius 1 is 1.29 bits per heavy atom. The van der Waals surface area contributed by atoms with E-state index in [1.165, 1.54) is 37.9 Å². The number of hydrogen-bond acceptors (Lipinski definition) is 3. The number of nitrogens with two attached hydrogens (primary N) is 1. The van der Waals surface area contributed by atoms with E-state index in [0.29, 0.717) is 0 Å². The number of hydrogen-bond donors (Lipinski definition) is 1. The molecule has 3 aliphatic rings. The number of pyridine rings is 1. The maximum atomic E-state index is 5.72. The fraction of sp³-hybridized carbons (Fsp3) is 0.643. The van der Waals surface area contributed by atoms with Crippen molar-refractivity contribution < 1.29 is 0 Å². The van der Waals surface area contributed by atoms with Gasteiger partial charge in [-0.1, -0.05) is 0 Å². The second kappa shape index (κ2) is 4.65. The third-order valence-corrected chi connectivity index (χ3v) is 4.52. The minimum atomic E-state index is 0.735. The first-order valence-electron chi connectivity index (χ1n) is 6.75. The number of piperidine rings is 2. The maximum absolute atomic E-state index is 5.72. The van der Waals surface area contributed by atoms with Gasteiger partial charge in [0, 0.05) is 30.7 Å². The third kappa shape index (κ3) is 2.04. The molecule has 4 rings (SSSR count). The summed E-state index contributed by atoms with van der Waals surface area (Å²) in [6, 6.07) is 5.01. The molecule has 17 heavy (non-hydrogen) atoms. The molecule has 0 radical (unpaired) electrons. The smallest absolute Gasteiger partial charge is 0.0399 e. The zero-order valence-electron chi connectivity index (χ0n) is 10.3. The lowest BCUT2D eigenvalue weighted by Crippen LogP contribution is -2.52. The molecule has 3 atom stereocenters. The predicted molar refractivity (Wildman–Crippen MR) is 69.9 cm³/mol. The molecule has 1 aliphatic carbocycles. The van der Waals surface area contributed by atoms with Crippen LogP contribution in [0.3, 0.4) is 0 Å². The maximum Gasteiger partial charge on any atom is 0.0399 e. The van der Waals surface area contributed by atoms with Crippen LogP contribution in [-0.4, -0.2) is 24.1 Å². The van der Waals surface area contributed by atoms with Gasteiger partial charge in [-0.05, 0) is 56.2 Å². The molecule has 2 bridgehead atoms. The summed E-state index contributed by atoms with van der Waals surface area (Å²) in [6.45, 7) is 2.07. The van der Waals surface area contributed by atoms with Gasteiger partial charge in [0.1, 0.15) is 0 Å². The van der Waals surface area contributed by atoms with E-state index in [4.69, 9.17) is 5.73 Å². The molecule has 3 heterocycles. The van der Waals surface area contributed by atoms with Crippen LogP contribution in [0.25, 0.3) is 0 Å². The van der Waals surface area contributed by atoms with E-state index in [0.717, 1.165) is 24.4 Å². The van der Waals surface area contributed by atoms with Crippen molar-refractivity contribution in [3.63, 3.8) is 0 Å². The van der Waals surface area contributed by atoms with E-state index in [1.54, 1.807) is 0 Å². The Balaban J connectivity index is 1.75. The van der Waals surface area contributed by atoms with E-state index in [1.807, 2.05) is 12.4 Å². The molecule has 1 saturated carbocycles. The van der Waals surface area contributed by atoms with Gasteiger partial charge in [-0.3, -0.25) is 4.98 Å². The minimum absolute atomic E-state index is 0.735. The monoisotopic (exact) mass is 231 g/mol. The lowest BCUT2D eigenvalue weighted by Gasteiger charge is -2.50. The minimum Gasteiger partial charge on any atom is -0.368 e. The highest BCUT2D eigenvalue weighted by molar-refractivity contribution is 5.47. The van der Waals surface area contributed by atoms with Gasteiger partial charge >= 0.3 is 0 Å². The molecule has 92 valence electrons. The molecular weight excluding hydrogens is 210 g/mol. The summed E-state index contributed by atoms with van der Waals surface area (Å²) in [5, 5.41) is 0. The number of rotatable bonds is 3. The molecule has 0 amide bonds. The van der Waals surface area contributed by atoms with E-state index in [-0.39, 0.29) is 0 Å². The van der Waals surface area contributed by atoms with Gasteiger partial charge in [0.05, 0.1) is 0 Å². The topological polar surface area (TPSA) is 42.1 Å². The average Bonchev–Trinajstić information content (AvgIpc) is 2.41. The molecule has 3 fully saturated rings. The lowest BCUT2D eigenvalue weighted by molar-refractivity contribution is 0.154. The number of aromatic nitrogens is 1. The van der Waals surface area contributed by atoms with Gasteiger partial charge in [-0.15, -0.1) is 0 Å². The Labute approximate surface area is 103 Å². The fourth-order valence-electron chi connectivity index (χ4n) is 3.65. The van der Waals surface area contributed by atoms with Crippen LogP contribution in [-0.2, 0) is 0 Å². The van der Waals surface area contributed by atoms with Crippen LogP contribution in [0.15, 0.2) is 24.5 Å². The summed E-state index contributed by atoms with van der Waals surface area (Å²) in [5.41, 5.74) is 7.06. The molecule has 2 N–H and O–H groups in total. The van der Waals surface area contributed by atoms with Gasteiger partial charge < -0.3 is 10.6 Å². The van der Waals surface area contributed by atoms with Gasteiger partial charge in [-0.2, -0.15) is 0 Å². The standard InChI is InChI=1S/C14H21N3/c15-6-3-11-9-14-2-1-12(11)10-17(14)13-4-7-16-8-5-13/h4-5,7-8,11-12,14H,1-3,6,9-10,15H2. The van der Waals surface area contributed by atoms with E-state index < -0.39 is 0 Å². The number of anilines is 1. The fourth-order valence-corrected chi connectivity index (χ4v) is 3.65. The second-order valence-electron chi connectivity index (χ2n) is 5.42. The molecule has 0 spiro atoms. The molecule has 3 nitrogen and oxygen atoms in total. The van der Waals surface area contributed by atoms with Crippen LogP contribution in [0.4, 0.5) is 5.69 Å². The molecular formula is C14H21N3. The van der Waals surface area contributed by atoms with Crippen LogP contribution in [0.5, 0.6) is 0 Å². The Morgan fingerprint density at radius 3 is 2.76 bits per heavy atom. The first-order valence-corrected chi connectivity index (χ1v) is 6.75. The molecule has 2 aliphatic heterocycles.